The molecule has 166 valence electrons. The van der Waals surface area contributed by atoms with E-state index in [1.165, 1.54) is 0 Å². The maximum atomic E-state index is 12.8. The quantitative estimate of drug-likeness (QED) is 0.678. The summed E-state index contributed by atoms with van der Waals surface area (Å²) in [6, 6.07) is 9.38. The number of nitrogens with zero attached hydrogens (tertiary/aromatic N) is 3. The molecule has 0 radical (unpaired) electrons. The van der Waals surface area contributed by atoms with E-state index in [0.717, 1.165) is 36.8 Å². The summed E-state index contributed by atoms with van der Waals surface area (Å²) in [4.78, 5) is 34.5. The summed E-state index contributed by atoms with van der Waals surface area (Å²) < 4.78 is 11.0. The molecule has 2 aliphatic heterocycles. The van der Waals surface area contributed by atoms with Gasteiger partial charge in [0.2, 0.25) is 5.91 Å². The molecule has 31 heavy (non-hydrogen) atoms. The van der Waals surface area contributed by atoms with Gasteiger partial charge in [-0.25, -0.2) is 4.98 Å². The van der Waals surface area contributed by atoms with Gasteiger partial charge in [-0.3, -0.25) is 14.5 Å². The Kier molecular flexibility index (Phi) is 7.11. The van der Waals surface area contributed by atoms with Crippen LogP contribution in [0.5, 0.6) is 0 Å². The Labute approximate surface area is 182 Å². The third kappa shape index (κ3) is 5.20. The summed E-state index contributed by atoms with van der Waals surface area (Å²) in [5.74, 6) is -0.0387. The number of hydrogen-bond acceptors (Lipinski definition) is 6. The lowest BCUT2D eigenvalue weighted by atomic mass is 10.0. The molecule has 1 atom stereocenters. The molecule has 0 saturated carbocycles. The van der Waals surface area contributed by atoms with Crippen molar-refractivity contribution in [1.29, 1.82) is 0 Å². The average Bonchev–Trinajstić information content (AvgIpc) is 3.31. The Balaban J connectivity index is 1.53. The number of aromatic nitrogens is 1. The SMILES string of the molecule is COCCNC(=O)c1cc([C@H]2CN(C(=O)CN3CCCC3)CCO2)nc2ccccc12. The Bertz CT molecular complexity index is 929. The van der Waals surface area contributed by atoms with Crippen molar-refractivity contribution < 1.29 is 19.1 Å². The number of carbonyl (C=O) groups excluding carboxylic acids is 2. The van der Waals surface area contributed by atoms with Crippen LogP contribution in [0.25, 0.3) is 10.9 Å². The van der Waals surface area contributed by atoms with Crippen LogP contribution in [-0.4, -0.2) is 86.2 Å². The Morgan fingerprint density at radius 3 is 2.84 bits per heavy atom. The third-order valence-corrected chi connectivity index (χ3v) is 5.88. The summed E-state index contributed by atoms with van der Waals surface area (Å²) in [5, 5.41) is 3.68. The van der Waals surface area contributed by atoms with Crippen LogP contribution in [-0.2, 0) is 14.3 Å². The van der Waals surface area contributed by atoms with Crippen LogP contribution in [0.4, 0.5) is 0 Å². The van der Waals surface area contributed by atoms with Gasteiger partial charge in [0.05, 0.1) is 43.1 Å². The lowest BCUT2D eigenvalue weighted by Gasteiger charge is -2.34. The van der Waals surface area contributed by atoms with E-state index in [4.69, 9.17) is 14.5 Å². The van der Waals surface area contributed by atoms with Crippen LogP contribution in [0.2, 0.25) is 0 Å². The molecule has 0 aliphatic carbocycles. The second kappa shape index (κ2) is 10.2. The summed E-state index contributed by atoms with van der Waals surface area (Å²) in [7, 11) is 1.60. The summed E-state index contributed by atoms with van der Waals surface area (Å²) in [6.45, 7) is 4.82. The summed E-state index contributed by atoms with van der Waals surface area (Å²) >= 11 is 0. The number of fused-ring (bicyclic) bond motifs is 1. The van der Waals surface area contributed by atoms with Gasteiger partial charge in [-0.2, -0.15) is 0 Å². The van der Waals surface area contributed by atoms with Gasteiger partial charge < -0.3 is 19.7 Å². The summed E-state index contributed by atoms with van der Waals surface area (Å²) in [5.41, 5.74) is 1.97. The third-order valence-electron chi connectivity index (χ3n) is 5.88. The van der Waals surface area contributed by atoms with Crippen LogP contribution in [0.1, 0.15) is 35.0 Å². The van der Waals surface area contributed by atoms with E-state index in [1.807, 2.05) is 29.2 Å². The number of morpholine rings is 1. The number of benzene rings is 1. The fourth-order valence-electron chi connectivity index (χ4n) is 4.20. The zero-order valence-electron chi connectivity index (χ0n) is 18.0. The number of nitrogens with one attached hydrogen (secondary N) is 1. The van der Waals surface area contributed by atoms with Crippen LogP contribution >= 0.6 is 0 Å². The zero-order chi connectivity index (χ0) is 21.6. The Morgan fingerprint density at radius 1 is 1.23 bits per heavy atom. The van der Waals surface area contributed by atoms with Crippen LogP contribution in [0.15, 0.2) is 30.3 Å². The number of ether oxygens (including phenoxy) is 2. The first-order valence-corrected chi connectivity index (χ1v) is 10.9. The molecule has 0 bridgehead atoms. The zero-order valence-corrected chi connectivity index (χ0v) is 18.0. The summed E-state index contributed by atoms with van der Waals surface area (Å²) in [6.07, 6.45) is 1.97. The normalized spacial score (nSPS) is 19.6. The van der Waals surface area contributed by atoms with E-state index in [9.17, 15) is 9.59 Å². The lowest BCUT2D eigenvalue weighted by molar-refractivity contribution is -0.140. The minimum atomic E-state index is -0.355. The van der Waals surface area contributed by atoms with Gasteiger partial charge in [0.25, 0.3) is 5.91 Å². The fourth-order valence-corrected chi connectivity index (χ4v) is 4.20. The largest absolute Gasteiger partial charge is 0.383 e. The molecule has 2 aromatic rings. The number of para-hydroxylation sites is 1. The molecular formula is C23H30N4O4. The topological polar surface area (TPSA) is 84.0 Å². The second-order valence-corrected chi connectivity index (χ2v) is 8.04. The van der Waals surface area contributed by atoms with Crippen molar-refractivity contribution in [2.75, 3.05) is 59.6 Å². The minimum absolute atomic E-state index is 0.133. The van der Waals surface area contributed by atoms with Gasteiger partial charge in [-0.1, -0.05) is 18.2 Å². The Hall–Kier alpha value is -2.55. The molecule has 8 heteroatoms. The molecule has 8 nitrogen and oxygen atoms in total. The highest BCUT2D eigenvalue weighted by Gasteiger charge is 2.29. The standard InChI is InChI=1S/C23H30N4O4/c1-30-12-8-24-23(29)18-14-20(25-19-7-3-2-6-17(18)19)21-15-27(11-13-31-21)22(28)16-26-9-4-5-10-26/h2-3,6-7,14,21H,4-5,8-13,15-16H2,1H3,(H,24,29)/t21-/m1/s1. The Morgan fingerprint density at radius 2 is 2.03 bits per heavy atom. The number of rotatable bonds is 7. The maximum absolute atomic E-state index is 12.8. The minimum Gasteiger partial charge on any atom is -0.383 e. The van der Waals surface area contributed by atoms with Gasteiger partial charge in [0.15, 0.2) is 0 Å². The number of hydrogen-bond donors (Lipinski definition) is 1. The van der Waals surface area contributed by atoms with Gasteiger partial charge in [0.1, 0.15) is 6.10 Å². The van der Waals surface area contributed by atoms with Crippen molar-refractivity contribution in [2.24, 2.45) is 0 Å². The van der Waals surface area contributed by atoms with Crippen molar-refractivity contribution in [3.8, 4) is 0 Å². The van der Waals surface area contributed by atoms with E-state index >= 15 is 0 Å². The van der Waals surface area contributed by atoms with Gasteiger partial charge in [-0.05, 0) is 38.1 Å². The molecule has 0 spiro atoms. The van der Waals surface area contributed by atoms with Crippen molar-refractivity contribution in [1.82, 2.24) is 20.1 Å². The van der Waals surface area contributed by atoms with Crippen molar-refractivity contribution in [3.05, 3.63) is 41.6 Å². The average molecular weight is 427 g/mol. The first-order valence-electron chi connectivity index (χ1n) is 10.9. The van der Waals surface area contributed by atoms with E-state index in [1.54, 1.807) is 13.2 Å². The molecule has 2 amide bonds. The highest BCUT2D eigenvalue weighted by molar-refractivity contribution is 6.06. The van der Waals surface area contributed by atoms with Crippen LogP contribution in [0, 0.1) is 0 Å². The molecule has 1 N–H and O–H groups in total. The first-order chi connectivity index (χ1) is 15.2. The predicted octanol–water partition coefficient (Wildman–Crippen LogP) is 1.61. The van der Waals surface area contributed by atoms with E-state index in [0.29, 0.717) is 50.7 Å². The highest BCUT2D eigenvalue weighted by atomic mass is 16.5. The van der Waals surface area contributed by atoms with Crippen LogP contribution in [0.3, 0.4) is 0 Å². The number of carbonyl (C=O) groups is 2. The van der Waals surface area contributed by atoms with Gasteiger partial charge >= 0.3 is 0 Å². The smallest absolute Gasteiger partial charge is 0.252 e. The number of methoxy groups -OCH3 is 1. The predicted molar refractivity (Wildman–Crippen MR) is 117 cm³/mol. The maximum Gasteiger partial charge on any atom is 0.252 e. The first kappa shape index (κ1) is 21.7. The molecular weight excluding hydrogens is 396 g/mol. The van der Waals surface area contributed by atoms with Gasteiger partial charge in [-0.15, -0.1) is 0 Å². The fraction of sp³-hybridized carbons (Fsp3) is 0.522. The van der Waals surface area contributed by atoms with Crippen LogP contribution < -0.4 is 5.32 Å². The van der Waals surface area contributed by atoms with Crippen molar-refractivity contribution >= 4 is 22.7 Å². The number of amides is 2. The van der Waals surface area contributed by atoms with E-state index in [-0.39, 0.29) is 17.9 Å². The van der Waals surface area contributed by atoms with Crippen molar-refractivity contribution in [3.63, 3.8) is 0 Å². The second-order valence-electron chi connectivity index (χ2n) is 8.04. The highest BCUT2D eigenvalue weighted by Crippen LogP contribution is 2.26. The monoisotopic (exact) mass is 426 g/mol. The van der Waals surface area contributed by atoms with Crippen molar-refractivity contribution in [2.45, 2.75) is 18.9 Å². The molecule has 1 aromatic heterocycles. The molecule has 2 aliphatic rings. The van der Waals surface area contributed by atoms with Gasteiger partial charge in [0, 0.05) is 25.6 Å². The van der Waals surface area contributed by atoms with E-state index in [2.05, 4.69) is 10.2 Å². The number of pyridine rings is 1. The molecule has 2 fully saturated rings. The molecule has 3 heterocycles. The van der Waals surface area contributed by atoms with E-state index < -0.39 is 0 Å². The molecule has 1 aromatic carbocycles. The molecule has 2 saturated heterocycles. The molecule has 4 rings (SSSR count). The molecule has 0 unspecified atom stereocenters. The lowest BCUT2D eigenvalue weighted by Crippen LogP contribution is -2.46. The number of likely N-dealkylation sites (tertiary alicyclic amines) is 1.